The van der Waals surface area contributed by atoms with Crippen molar-refractivity contribution in [2.45, 2.75) is 45.1 Å². The number of anilines is 1. The van der Waals surface area contributed by atoms with Crippen molar-refractivity contribution in [1.82, 2.24) is 5.32 Å². The predicted octanol–water partition coefficient (Wildman–Crippen LogP) is 3.81. The molecule has 0 aliphatic heterocycles. The molecule has 1 aromatic carbocycles. The summed E-state index contributed by atoms with van der Waals surface area (Å²) < 4.78 is 0. The molecule has 0 unspecified atom stereocenters. The lowest BCUT2D eigenvalue weighted by atomic mass is 9.87. The normalized spacial score (nSPS) is 16.5. The zero-order chi connectivity index (χ0) is 13.5. The van der Waals surface area contributed by atoms with Crippen LogP contribution in [0.1, 0.15) is 44.1 Å². The minimum Gasteiger partial charge on any atom is -0.377 e. The molecule has 0 bridgehead atoms. The standard InChI is InChI=1S/C17H28N2/c1-19(2)17-11-7-6-10-16(17)14-18-13-12-15-8-4-3-5-9-15/h6-7,10-11,15,18H,3-5,8-9,12-14H2,1-2H3. The molecule has 106 valence electrons. The second kappa shape index (κ2) is 7.54. The van der Waals surface area contributed by atoms with Crippen LogP contribution in [0.3, 0.4) is 0 Å². The molecule has 2 nitrogen and oxygen atoms in total. The van der Waals surface area contributed by atoms with E-state index < -0.39 is 0 Å². The van der Waals surface area contributed by atoms with Crippen LogP contribution in [0.2, 0.25) is 0 Å². The summed E-state index contributed by atoms with van der Waals surface area (Å²) in [4.78, 5) is 2.19. The van der Waals surface area contributed by atoms with Crippen LogP contribution in [0.4, 0.5) is 5.69 Å². The average Bonchev–Trinajstić information content (AvgIpc) is 2.45. The van der Waals surface area contributed by atoms with Crippen LogP contribution in [0, 0.1) is 5.92 Å². The first kappa shape index (κ1) is 14.4. The minimum atomic E-state index is 0.977. The van der Waals surface area contributed by atoms with Crippen LogP contribution < -0.4 is 10.2 Å². The first-order valence-electron chi connectivity index (χ1n) is 7.73. The van der Waals surface area contributed by atoms with Gasteiger partial charge in [-0.3, -0.25) is 0 Å². The lowest BCUT2D eigenvalue weighted by Gasteiger charge is -2.22. The van der Waals surface area contributed by atoms with Gasteiger partial charge in [0.2, 0.25) is 0 Å². The fourth-order valence-corrected chi connectivity index (χ4v) is 3.10. The van der Waals surface area contributed by atoms with Crippen LogP contribution in [0.15, 0.2) is 24.3 Å². The van der Waals surface area contributed by atoms with E-state index in [-0.39, 0.29) is 0 Å². The van der Waals surface area contributed by atoms with Crippen molar-refractivity contribution in [2.24, 2.45) is 5.92 Å². The van der Waals surface area contributed by atoms with Crippen molar-refractivity contribution < 1.29 is 0 Å². The van der Waals surface area contributed by atoms with Gasteiger partial charge in [-0.25, -0.2) is 0 Å². The van der Waals surface area contributed by atoms with Gasteiger partial charge in [-0.15, -0.1) is 0 Å². The van der Waals surface area contributed by atoms with E-state index in [0.29, 0.717) is 0 Å². The van der Waals surface area contributed by atoms with Crippen LogP contribution in [-0.2, 0) is 6.54 Å². The quantitative estimate of drug-likeness (QED) is 0.782. The van der Waals surface area contributed by atoms with Crippen molar-refractivity contribution in [3.8, 4) is 0 Å². The fraction of sp³-hybridized carbons (Fsp3) is 0.647. The highest BCUT2D eigenvalue weighted by Gasteiger charge is 2.12. The minimum absolute atomic E-state index is 0.977. The second-order valence-electron chi connectivity index (χ2n) is 5.99. The summed E-state index contributed by atoms with van der Waals surface area (Å²) in [5.74, 6) is 0.977. The predicted molar refractivity (Wildman–Crippen MR) is 83.7 cm³/mol. The largest absolute Gasteiger partial charge is 0.377 e. The molecule has 0 heterocycles. The Morgan fingerprint density at radius 1 is 1.11 bits per heavy atom. The summed E-state index contributed by atoms with van der Waals surface area (Å²) in [6.07, 6.45) is 8.62. The van der Waals surface area contributed by atoms with E-state index in [0.717, 1.165) is 19.0 Å². The van der Waals surface area contributed by atoms with Crippen molar-refractivity contribution in [3.05, 3.63) is 29.8 Å². The molecule has 1 saturated carbocycles. The highest BCUT2D eigenvalue weighted by atomic mass is 15.1. The Kier molecular flexibility index (Phi) is 5.71. The molecular weight excluding hydrogens is 232 g/mol. The first-order valence-corrected chi connectivity index (χ1v) is 7.73. The molecule has 0 spiro atoms. The fourth-order valence-electron chi connectivity index (χ4n) is 3.10. The van der Waals surface area contributed by atoms with Gasteiger partial charge in [-0.1, -0.05) is 50.3 Å². The molecule has 1 N–H and O–H groups in total. The maximum Gasteiger partial charge on any atom is 0.0406 e. The molecule has 1 fully saturated rings. The van der Waals surface area contributed by atoms with Crippen LogP contribution in [0.5, 0.6) is 0 Å². The summed E-state index contributed by atoms with van der Waals surface area (Å²) in [6, 6.07) is 8.66. The van der Waals surface area contributed by atoms with Gasteiger partial charge in [-0.2, -0.15) is 0 Å². The molecule has 0 atom stereocenters. The highest BCUT2D eigenvalue weighted by Crippen LogP contribution is 2.25. The Balaban J connectivity index is 1.73. The smallest absolute Gasteiger partial charge is 0.0406 e. The van der Waals surface area contributed by atoms with Crippen LogP contribution >= 0.6 is 0 Å². The molecule has 1 aliphatic carbocycles. The average molecular weight is 260 g/mol. The van der Waals surface area contributed by atoms with Crippen molar-refractivity contribution in [2.75, 3.05) is 25.5 Å². The molecule has 1 aromatic rings. The van der Waals surface area contributed by atoms with E-state index in [4.69, 9.17) is 0 Å². The molecular formula is C17H28N2. The summed E-state index contributed by atoms with van der Waals surface area (Å²) in [6.45, 7) is 2.15. The molecule has 0 amide bonds. The number of nitrogens with zero attached hydrogens (tertiary/aromatic N) is 1. The highest BCUT2D eigenvalue weighted by molar-refractivity contribution is 5.52. The van der Waals surface area contributed by atoms with E-state index in [1.807, 2.05) is 0 Å². The van der Waals surface area contributed by atoms with Crippen molar-refractivity contribution in [3.63, 3.8) is 0 Å². The lowest BCUT2D eigenvalue weighted by Crippen LogP contribution is -2.21. The molecule has 2 rings (SSSR count). The van der Waals surface area contributed by atoms with Gasteiger partial charge in [0.25, 0.3) is 0 Å². The van der Waals surface area contributed by atoms with Gasteiger partial charge in [0.1, 0.15) is 0 Å². The number of rotatable bonds is 6. The van der Waals surface area contributed by atoms with E-state index in [1.54, 1.807) is 0 Å². The SMILES string of the molecule is CN(C)c1ccccc1CNCCC1CCCCC1. The number of benzene rings is 1. The monoisotopic (exact) mass is 260 g/mol. The summed E-state index contributed by atoms with van der Waals surface area (Å²) in [5, 5.41) is 3.62. The first-order chi connectivity index (χ1) is 9.27. The van der Waals surface area contributed by atoms with Crippen LogP contribution in [0.25, 0.3) is 0 Å². The second-order valence-corrected chi connectivity index (χ2v) is 5.99. The zero-order valence-corrected chi connectivity index (χ0v) is 12.5. The Morgan fingerprint density at radius 2 is 1.84 bits per heavy atom. The van der Waals surface area contributed by atoms with Gasteiger partial charge in [0.05, 0.1) is 0 Å². The molecule has 1 aliphatic rings. The molecule has 0 saturated heterocycles. The van der Waals surface area contributed by atoms with Gasteiger partial charge < -0.3 is 10.2 Å². The topological polar surface area (TPSA) is 15.3 Å². The maximum atomic E-state index is 3.62. The lowest BCUT2D eigenvalue weighted by molar-refractivity contribution is 0.334. The molecule has 0 radical (unpaired) electrons. The van der Waals surface area contributed by atoms with E-state index >= 15 is 0 Å². The maximum absolute atomic E-state index is 3.62. The summed E-state index contributed by atoms with van der Waals surface area (Å²) in [5.41, 5.74) is 2.73. The van der Waals surface area contributed by atoms with E-state index in [1.165, 1.54) is 49.8 Å². The van der Waals surface area contributed by atoms with Gasteiger partial charge >= 0.3 is 0 Å². The summed E-state index contributed by atoms with van der Waals surface area (Å²) in [7, 11) is 4.22. The third kappa shape index (κ3) is 4.54. The summed E-state index contributed by atoms with van der Waals surface area (Å²) >= 11 is 0. The third-order valence-electron chi connectivity index (χ3n) is 4.24. The van der Waals surface area contributed by atoms with E-state index in [2.05, 4.69) is 48.6 Å². The van der Waals surface area contributed by atoms with Crippen LogP contribution in [-0.4, -0.2) is 20.6 Å². The Labute approximate surface area is 118 Å². The van der Waals surface area contributed by atoms with Gasteiger partial charge in [0.15, 0.2) is 0 Å². The third-order valence-corrected chi connectivity index (χ3v) is 4.24. The molecule has 19 heavy (non-hydrogen) atoms. The number of hydrogen-bond acceptors (Lipinski definition) is 2. The van der Waals surface area contributed by atoms with Gasteiger partial charge in [0, 0.05) is 26.3 Å². The Hall–Kier alpha value is -1.02. The van der Waals surface area contributed by atoms with Crippen molar-refractivity contribution >= 4 is 5.69 Å². The zero-order valence-electron chi connectivity index (χ0n) is 12.5. The van der Waals surface area contributed by atoms with Gasteiger partial charge in [-0.05, 0) is 30.5 Å². The molecule has 2 heteroatoms. The van der Waals surface area contributed by atoms with E-state index in [9.17, 15) is 0 Å². The molecule has 0 aromatic heterocycles. The Morgan fingerprint density at radius 3 is 2.58 bits per heavy atom. The number of hydrogen-bond donors (Lipinski definition) is 1. The number of nitrogens with one attached hydrogen (secondary N) is 1. The van der Waals surface area contributed by atoms with Crippen molar-refractivity contribution in [1.29, 1.82) is 0 Å². The Bertz CT molecular complexity index is 367. The number of para-hydroxylation sites is 1.